The number of benzene rings is 4. The predicted molar refractivity (Wildman–Crippen MR) is 160 cm³/mol. The Bertz CT molecular complexity index is 1740. The minimum Gasteiger partial charge on any atom is -0.256 e. The minimum absolute atomic E-state index is 0.0725. The van der Waals surface area contributed by atoms with E-state index in [0.717, 1.165) is 33.3 Å². The van der Waals surface area contributed by atoms with Crippen molar-refractivity contribution in [3.05, 3.63) is 133 Å². The molecule has 0 spiro atoms. The molecule has 0 unspecified atom stereocenters. The SMILES string of the molecule is CC(C)(C)c1ccnc(-c2cccc(-c3ccc(-c4ccccc4-c4ccccc4)c4ncccc34)c2)c1. The lowest BCUT2D eigenvalue weighted by molar-refractivity contribution is 0.589. The molecular weight excluding hydrogens is 460 g/mol. The van der Waals surface area contributed by atoms with Crippen molar-refractivity contribution in [2.75, 3.05) is 0 Å². The van der Waals surface area contributed by atoms with Crippen LogP contribution in [0.1, 0.15) is 26.3 Å². The van der Waals surface area contributed by atoms with Crippen LogP contribution in [0.3, 0.4) is 0 Å². The van der Waals surface area contributed by atoms with E-state index in [4.69, 9.17) is 9.97 Å². The number of aromatic nitrogens is 2. The van der Waals surface area contributed by atoms with E-state index in [9.17, 15) is 0 Å². The average molecular weight is 491 g/mol. The molecule has 2 aromatic heterocycles. The van der Waals surface area contributed by atoms with Crippen LogP contribution in [0, 0.1) is 0 Å². The molecule has 2 heteroatoms. The number of fused-ring (bicyclic) bond motifs is 1. The zero-order valence-electron chi connectivity index (χ0n) is 22.0. The molecule has 0 radical (unpaired) electrons. The Labute approximate surface area is 224 Å². The molecule has 0 aliphatic rings. The summed E-state index contributed by atoms with van der Waals surface area (Å²) in [5.41, 5.74) is 11.5. The van der Waals surface area contributed by atoms with Gasteiger partial charge in [0.15, 0.2) is 0 Å². The summed E-state index contributed by atoms with van der Waals surface area (Å²) < 4.78 is 0. The summed E-state index contributed by atoms with van der Waals surface area (Å²) in [6.07, 6.45) is 3.81. The van der Waals surface area contributed by atoms with Gasteiger partial charge in [-0.2, -0.15) is 0 Å². The van der Waals surface area contributed by atoms with Crippen LogP contribution >= 0.6 is 0 Å². The zero-order chi connectivity index (χ0) is 26.1. The second kappa shape index (κ2) is 9.72. The van der Waals surface area contributed by atoms with Crippen LogP contribution in [0.25, 0.3) is 55.5 Å². The molecule has 0 aliphatic heterocycles. The molecule has 38 heavy (non-hydrogen) atoms. The number of hydrogen-bond donors (Lipinski definition) is 0. The first kappa shape index (κ1) is 23.8. The maximum atomic E-state index is 4.89. The van der Waals surface area contributed by atoms with Crippen molar-refractivity contribution < 1.29 is 0 Å². The van der Waals surface area contributed by atoms with Gasteiger partial charge in [-0.1, -0.05) is 112 Å². The van der Waals surface area contributed by atoms with Gasteiger partial charge in [-0.25, -0.2) is 0 Å². The van der Waals surface area contributed by atoms with E-state index in [0.29, 0.717) is 0 Å². The lowest BCUT2D eigenvalue weighted by atomic mass is 9.86. The number of nitrogens with zero attached hydrogens (tertiary/aromatic N) is 2. The van der Waals surface area contributed by atoms with Gasteiger partial charge in [0.1, 0.15) is 0 Å². The van der Waals surface area contributed by atoms with Crippen molar-refractivity contribution in [3.8, 4) is 44.6 Å². The molecule has 0 aliphatic carbocycles. The van der Waals surface area contributed by atoms with Gasteiger partial charge in [0.2, 0.25) is 0 Å². The smallest absolute Gasteiger partial charge is 0.0786 e. The van der Waals surface area contributed by atoms with Gasteiger partial charge in [-0.15, -0.1) is 0 Å². The van der Waals surface area contributed by atoms with Crippen molar-refractivity contribution >= 4 is 10.9 Å². The van der Waals surface area contributed by atoms with Gasteiger partial charge in [0.25, 0.3) is 0 Å². The Morgan fingerprint density at radius 3 is 2.00 bits per heavy atom. The van der Waals surface area contributed by atoms with Crippen molar-refractivity contribution in [1.82, 2.24) is 9.97 Å². The molecule has 0 bridgehead atoms. The molecule has 0 saturated heterocycles. The average Bonchev–Trinajstić information content (AvgIpc) is 2.97. The van der Waals surface area contributed by atoms with Crippen LogP contribution in [0.5, 0.6) is 0 Å². The highest BCUT2D eigenvalue weighted by atomic mass is 14.7. The summed E-state index contributed by atoms with van der Waals surface area (Å²) in [6.45, 7) is 6.71. The second-order valence-corrected chi connectivity index (χ2v) is 10.7. The molecule has 2 nitrogen and oxygen atoms in total. The van der Waals surface area contributed by atoms with Crippen molar-refractivity contribution in [2.24, 2.45) is 0 Å². The first-order valence-electron chi connectivity index (χ1n) is 13.1. The maximum Gasteiger partial charge on any atom is 0.0786 e. The third kappa shape index (κ3) is 4.50. The molecule has 0 saturated carbocycles. The Kier molecular flexibility index (Phi) is 6.09. The van der Waals surface area contributed by atoms with Crippen LogP contribution in [0.15, 0.2) is 128 Å². The summed E-state index contributed by atoms with van der Waals surface area (Å²) in [6, 6.07) is 40.8. The molecule has 184 valence electrons. The van der Waals surface area contributed by atoms with Crippen molar-refractivity contribution in [2.45, 2.75) is 26.2 Å². The first-order valence-corrected chi connectivity index (χ1v) is 13.1. The Hall–Kier alpha value is -4.56. The van der Waals surface area contributed by atoms with Crippen molar-refractivity contribution in [1.29, 1.82) is 0 Å². The van der Waals surface area contributed by atoms with E-state index in [1.54, 1.807) is 0 Å². The van der Waals surface area contributed by atoms with Gasteiger partial charge >= 0.3 is 0 Å². The fourth-order valence-corrected chi connectivity index (χ4v) is 5.13. The fourth-order valence-electron chi connectivity index (χ4n) is 5.13. The zero-order valence-corrected chi connectivity index (χ0v) is 22.0. The van der Waals surface area contributed by atoms with E-state index in [1.165, 1.54) is 27.8 Å². The normalized spacial score (nSPS) is 11.6. The lowest BCUT2D eigenvalue weighted by Crippen LogP contribution is -2.11. The van der Waals surface area contributed by atoms with E-state index in [1.807, 2.05) is 18.5 Å². The Morgan fingerprint density at radius 2 is 1.18 bits per heavy atom. The minimum atomic E-state index is 0.0725. The van der Waals surface area contributed by atoms with E-state index < -0.39 is 0 Å². The van der Waals surface area contributed by atoms with Crippen molar-refractivity contribution in [3.63, 3.8) is 0 Å². The van der Waals surface area contributed by atoms with Crippen LogP contribution in [0.4, 0.5) is 0 Å². The molecular formula is C36H30N2. The van der Waals surface area contributed by atoms with Gasteiger partial charge in [0, 0.05) is 28.9 Å². The standard InChI is InChI=1S/C36H30N2/c1-36(2,3)28-20-22-37-34(24-28)27-14-9-13-26(23-27)30-18-19-33(35-32(30)17-10-21-38-35)31-16-8-7-15-29(31)25-11-5-4-6-12-25/h4-24H,1-3H3. The quantitative estimate of drug-likeness (QED) is 0.246. The van der Waals surface area contributed by atoms with Gasteiger partial charge < -0.3 is 0 Å². The van der Waals surface area contributed by atoms with Gasteiger partial charge in [0.05, 0.1) is 11.2 Å². The second-order valence-electron chi connectivity index (χ2n) is 10.7. The highest BCUT2D eigenvalue weighted by Gasteiger charge is 2.16. The summed E-state index contributed by atoms with van der Waals surface area (Å²) in [4.78, 5) is 9.59. The van der Waals surface area contributed by atoms with Gasteiger partial charge in [-0.05, 0) is 63.1 Å². The number of rotatable bonds is 4. The molecule has 2 heterocycles. The molecule has 4 aromatic carbocycles. The van der Waals surface area contributed by atoms with Gasteiger partial charge in [-0.3, -0.25) is 9.97 Å². The number of pyridine rings is 2. The van der Waals surface area contributed by atoms with Crippen LogP contribution in [0.2, 0.25) is 0 Å². The van der Waals surface area contributed by atoms with Crippen LogP contribution in [-0.2, 0) is 5.41 Å². The third-order valence-electron chi connectivity index (χ3n) is 7.17. The van der Waals surface area contributed by atoms with E-state index >= 15 is 0 Å². The maximum absolute atomic E-state index is 4.89. The van der Waals surface area contributed by atoms with E-state index in [2.05, 4.69) is 130 Å². The molecule has 0 N–H and O–H groups in total. The lowest BCUT2D eigenvalue weighted by Gasteiger charge is -2.19. The molecule has 6 aromatic rings. The Morgan fingerprint density at radius 1 is 0.474 bits per heavy atom. The predicted octanol–water partition coefficient (Wildman–Crippen LogP) is 9.60. The highest BCUT2D eigenvalue weighted by molar-refractivity contribution is 6.05. The largest absolute Gasteiger partial charge is 0.256 e. The summed E-state index contributed by atoms with van der Waals surface area (Å²) in [5.74, 6) is 0. The molecule has 6 rings (SSSR count). The summed E-state index contributed by atoms with van der Waals surface area (Å²) >= 11 is 0. The van der Waals surface area contributed by atoms with Crippen LogP contribution < -0.4 is 0 Å². The molecule has 0 amide bonds. The monoisotopic (exact) mass is 490 g/mol. The first-order chi connectivity index (χ1) is 18.5. The molecule has 0 atom stereocenters. The topological polar surface area (TPSA) is 25.8 Å². The highest BCUT2D eigenvalue weighted by Crippen LogP contribution is 2.39. The summed E-state index contributed by atoms with van der Waals surface area (Å²) in [5, 5.41) is 1.14. The summed E-state index contributed by atoms with van der Waals surface area (Å²) in [7, 11) is 0. The van der Waals surface area contributed by atoms with Crippen LogP contribution in [-0.4, -0.2) is 9.97 Å². The Balaban J connectivity index is 1.49. The third-order valence-corrected chi connectivity index (χ3v) is 7.17. The van der Waals surface area contributed by atoms with E-state index in [-0.39, 0.29) is 5.41 Å². The number of hydrogen-bond acceptors (Lipinski definition) is 2. The molecule has 0 fully saturated rings. The fraction of sp³-hybridized carbons (Fsp3) is 0.111.